The van der Waals surface area contributed by atoms with Crippen molar-refractivity contribution in [3.05, 3.63) is 28.6 Å². The van der Waals surface area contributed by atoms with Gasteiger partial charge in [0.2, 0.25) is 6.79 Å². The van der Waals surface area contributed by atoms with Gasteiger partial charge in [0.25, 0.3) is 0 Å². The average molecular weight is 290 g/mol. The molecule has 0 aliphatic carbocycles. The molecule has 104 valence electrons. The summed E-state index contributed by atoms with van der Waals surface area (Å²) < 4.78 is 16.2. The van der Waals surface area contributed by atoms with Gasteiger partial charge in [0.15, 0.2) is 11.5 Å². The highest BCUT2D eigenvalue weighted by Crippen LogP contribution is 2.36. The Balaban J connectivity index is 1.61. The Kier molecular flexibility index (Phi) is 3.06. The quantitative estimate of drug-likeness (QED) is 0.919. The van der Waals surface area contributed by atoms with E-state index >= 15 is 0 Å². The number of thiazole rings is 1. The first-order valence-corrected chi connectivity index (χ1v) is 7.45. The maximum Gasteiger partial charge on any atom is 0.231 e. The van der Waals surface area contributed by atoms with Crippen molar-refractivity contribution >= 4 is 11.3 Å². The van der Waals surface area contributed by atoms with Gasteiger partial charge in [-0.15, -0.1) is 11.3 Å². The molecule has 1 fully saturated rings. The van der Waals surface area contributed by atoms with Crippen LogP contribution in [-0.2, 0) is 4.74 Å². The van der Waals surface area contributed by atoms with Gasteiger partial charge in [0.1, 0.15) is 5.01 Å². The zero-order valence-electron chi connectivity index (χ0n) is 10.8. The normalized spacial score (nSPS) is 21.1. The van der Waals surface area contributed by atoms with Crippen LogP contribution in [0.2, 0.25) is 0 Å². The van der Waals surface area contributed by atoms with Crippen molar-refractivity contribution < 1.29 is 14.2 Å². The van der Waals surface area contributed by atoms with E-state index in [-0.39, 0.29) is 6.04 Å². The number of nitrogens with zero attached hydrogens (tertiary/aromatic N) is 1. The number of nitrogens with one attached hydrogen (secondary N) is 1. The van der Waals surface area contributed by atoms with Crippen LogP contribution in [-0.4, -0.2) is 31.5 Å². The lowest BCUT2D eigenvalue weighted by atomic mass is 10.1. The van der Waals surface area contributed by atoms with Crippen molar-refractivity contribution in [2.45, 2.75) is 6.04 Å². The molecule has 0 amide bonds. The molecule has 4 rings (SSSR count). The molecular weight excluding hydrogens is 276 g/mol. The van der Waals surface area contributed by atoms with Gasteiger partial charge in [-0.3, -0.25) is 0 Å². The zero-order valence-corrected chi connectivity index (χ0v) is 11.6. The summed E-state index contributed by atoms with van der Waals surface area (Å²) >= 11 is 1.66. The zero-order chi connectivity index (χ0) is 13.4. The van der Waals surface area contributed by atoms with Crippen LogP contribution in [0.1, 0.15) is 11.0 Å². The summed E-state index contributed by atoms with van der Waals surface area (Å²) in [6.45, 7) is 2.64. The molecule has 5 nitrogen and oxygen atoms in total. The van der Waals surface area contributed by atoms with Crippen LogP contribution in [0.5, 0.6) is 11.5 Å². The Morgan fingerprint density at radius 2 is 2.20 bits per heavy atom. The molecule has 1 aromatic carbocycles. The SMILES string of the molecule is c1cc2c(cc1-c1csc(C3COCCN3)n1)OCO2. The fourth-order valence-corrected chi connectivity index (χ4v) is 3.25. The highest BCUT2D eigenvalue weighted by atomic mass is 32.1. The number of aromatic nitrogens is 1. The maximum absolute atomic E-state index is 5.48. The van der Waals surface area contributed by atoms with Gasteiger partial charge >= 0.3 is 0 Å². The summed E-state index contributed by atoms with van der Waals surface area (Å²) in [5.74, 6) is 1.59. The van der Waals surface area contributed by atoms with E-state index in [1.807, 2.05) is 18.2 Å². The van der Waals surface area contributed by atoms with Crippen molar-refractivity contribution in [2.24, 2.45) is 0 Å². The number of hydrogen-bond acceptors (Lipinski definition) is 6. The van der Waals surface area contributed by atoms with Gasteiger partial charge in [0, 0.05) is 17.5 Å². The number of benzene rings is 1. The number of rotatable bonds is 2. The van der Waals surface area contributed by atoms with Gasteiger partial charge in [0.05, 0.1) is 24.9 Å². The van der Waals surface area contributed by atoms with Gasteiger partial charge in [-0.1, -0.05) is 0 Å². The highest BCUT2D eigenvalue weighted by molar-refractivity contribution is 7.10. The molecule has 0 radical (unpaired) electrons. The molecule has 0 bridgehead atoms. The molecule has 2 aliphatic rings. The third-order valence-electron chi connectivity index (χ3n) is 3.41. The molecular formula is C14H14N2O3S. The molecule has 1 atom stereocenters. The summed E-state index contributed by atoms with van der Waals surface area (Å²) in [5, 5.41) is 6.56. The highest BCUT2D eigenvalue weighted by Gasteiger charge is 2.20. The number of fused-ring (bicyclic) bond motifs is 1. The Labute approximate surface area is 120 Å². The van der Waals surface area contributed by atoms with Crippen molar-refractivity contribution in [1.29, 1.82) is 0 Å². The Morgan fingerprint density at radius 3 is 3.10 bits per heavy atom. The van der Waals surface area contributed by atoms with Gasteiger partial charge in [-0.25, -0.2) is 4.98 Å². The average Bonchev–Trinajstić information content (AvgIpc) is 3.16. The lowest BCUT2D eigenvalue weighted by Crippen LogP contribution is -2.34. The number of ether oxygens (including phenoxy) is 3. The van der Waals surface area contributed by atoms with Gasteiger partial charge in [-0.05, 0) is 18.2 Å². The topological polar surface area (TPSA) is 52.6 Å². The number of hydrogen-bond donors (Lipinski definition) is 1. The summed E-state index contributed by atoms with van der Waals surface area (Å²) in [5.41, 5.74) is 2.02. The minimum Gasteiger partial charge on any atom is -0.454 e. The Morgan fingerprint density at radius 1 is 1.25 bits per heavy atom. The lowest BCUT2D eigenvalue weighted by molar-refractivity contribution is 0.0768. The monoisotopic (exact) mass is 290 g/mol. The molecule has 6 heteroatoms. The van der Waals surface area contributed by atoms with Crippen LogP contribution in [0, 0.1) is 0 Å². The fraction of sp³-hybridized carbons (Fsp3) is 0.357. The van der Waals surface area contributed by atoms with Crippen LogP contribution >= 0.6 is 11.3 Å². The standard InChI is InChI=1S/C14H14N2O3S/c1-2-12-13(19-8-18-12)5-9(1)11-7-20-14(16-11)10-6-17-4-3-15-10/h1-2,5,7,10,15H,3-4,6,8H2. The molecule has 1 aromatic heterocycles. The molecule has 3 heterocycles. The van der Waals surface area contributed by atoms with E-state index in [2.05, 4.69) is 10.7 Å². The molecule has 0 spiro atoms. The first kappa shape index (κ1) is 12.1. The van der Waals surface area contributed by atoms with Crippen LogP contribution in [0.3, 0.4) is 0 Å². The van der Waals surface area contributed by atoms with E-state index in [9.17, 15) is 0 Å². The molecule has 20 heavy (non-hydrogen) atoms. The molecule has 0 saturated carbocycles. The second-order valence-corrected chi connectivity index (χ2v) is 5.61. The Bertz CT molecular complexity index is 623. The molecule has 1 N–H and O–H groups in total. The summed E-state index contributed by atoms with van der Waals surface area (Å²) in [6, 6.07) is 6.12. The largest absolute Gasteiger partial charge is 0.454 e. The van der Waals surface area contributed by atoms with Crippen molar-refractivity contribution in [1.82, 2.24) is 10.3 Å². The van der Waals surface area contributed by atoms with Crippen LogP contribution in [0.4, 0.5) is 0 Å². The summed E-state index contributed by atoms with van der Waals surface area (Å²) in [4.78, 5) is 4.71. The van der Waals surface area contributed by atoms with Crippen molar-refractivity contribution in [3.63, 3.8) is 0 Å². The fourth-order valence-electron chi connectivity index (χ4n) is 2.36. The van der Waals surface area contributed by atoms with Crippen molar-refractivity contribution in [3.8, 4) is 22.8 Å². The van der Waals surface area contributed by atoms with E-state index in [0.717, 1.165) is 40.9 Å². The van der Waals surface area contributed by atoms with Gasteiger partial charge in [-0.2, -0.15) is 0 Å². The molecule has 1 saturated heterocycles. The first-order valence-electron chi connectivity index (χ1n) is 6.57. The minimum absolute atomic E-state index is 0.205. The predicted octanol–water partition coefficient (Wildman–Crippen LogP) is 2.20. The molecule has 2 aromatic rings. The number of morpholine rings is 1. The van der Waals surface area contributed by atoms with E-state index in [4.69, 9.17) is 19.2 Å². The van der Waals surface area contributed by atoms with E-state index in [1.165, 1.54) is 0 Å². The lowest BCUT2D eigenvalue weighted by Gasteiger charge is -2.21. The van der Waals surface area contributed by atoms with Crippen LogP contribution in [0.15, 0.2) is 23.6 Å². The summed E-state index contributed by atoms with van der Waals surface area (Å²) in [7, 11) is 0. The van der Waals surface area contributed by atoms with E-state index < -0.39 is 0 Å². The minimum atomic E-state index is 0.205. The van der Waals surface area contributed by atoms with E-state index in [0.29, 0.717) is 13.4 Å². The van der Waals surface area contributed by atoms with Crippen LogP contribution < -0.4 is 14.8 Å². The second kappa shape index (κ2) is 5.05. The second-order valence-electron chi connectivity index (χ2n) is 4.72. The maximum atomic E-state index is 5.48. The van der Waals surface area contributed by atoms with Crippen molar-refractivity contribution in [2.75, 3.05) is 26.6 Å². The molecule has 1 unspecified atom stereocenters. The molecule has 2 aliphatic heterocycles. The van der Waals surface area contributed by atoms with Gasteiger partial charge < -0.3 is 19.5 Å². The predicted molar refractivity (Wildman–Crippen MR) is 75.2 cm³/mol. The summed E-state index contributed by atoms with van der Waals surface area (Å²) in [6.07, 6.45) is 0. The third kappa shape index (κ3) is 2.15. The third-order valence-corrected chi connectivity index (χ3v) is 4.37. The van der Waals surface area contributed by atoms with E-state index in [1.54, 1.807) is 11.3 Å². The van der Waals surface area contributed by atoms with Crippen LogP contribution in [0.25, 0.3) is 11.3 Å². The Hall–Kier alpha value is -1.63. The first-order chi connectivity index (χ1) is 9.90. The smallest absolute Gasteiger partial charge is 0.231 e.